The topological polar surface area (TPSA) is 0 Å². The van der Waals surface area contributed by atoms with Gasteiger partial charge in [-0.05, 0) is 0 Å². The number of rotatable bonds is 10. The minimum absolute atomic E-state index is 0. The molecule has 0 aromatic heterocycles. The molecule has 2 unspecified atom stereocenters. The Morgan fingerprint density at radius 1 is 0.456 bits per heavy atom. The monoisotopic (exact) mass is 1050 g/mol. The van der Waals surface area contributed by atoms with Crippen LogP contribution in [0.1, 0.15) is 224 Å². The van der Waals surface area contributed by atoms with Crippen molar-refractivity contribution in [2.45, 2.75) is 211 Å². The first kappa shape index (κ1) is 55.4. The third-order valence-corrected chi connectivity index (χ3v) is 35.7. The van der Waals surface area contributed by atoms with Crippen molar-refractivity contribution in [1.82, 2.24) is 0 Å². The van der Waals surface area contributed by atoms with Crippen LogP contribution in [0.4, 0.5) is 0 Å². The molecule has 68 heavy (non-hydrogen) atoms. The molecule has 2 fully saturated rings. The molecular formula is C64H92Cl2SiZr. The molecule has 4 heteroatoms. The van der Waals surface area contributed by atoms with Gasteiger partial charge in [-0.2, -0.15) is 0 Å². The van der Waals surface area contributed by atoms with Gasteiger partial charge >= 0.3 is 410 Å². The molecule has 0 nitrogen and oxygen atoms in total. The second kappa shape index (κ2) is 22.0. The molecule has 4 aromatic carbocycles. The van der Waals surface area contributed by atoms with Crippen molar-refractivity contribution >= 4 is 43.8 Å². The molecule has 2 saturated carbocycles. The minimum Gasteiger partial charge on any atom is -0.147 e. The Hall–Kier alpha value is -1.96. The number of hydrogen-bond acceptors (Lipinski definition) is 0. The van der Waals surface area contributed by atoms with E-state index in [0.29, 0.717) is 18.1 Å². The normalized spacial score (nSPS) is 21.2. The molecule has 0 N–H and O–H groups in total. The van der Waals surface area contributed by atoms with Gasteiger partial charge in [-0.15, -0.1) is 24.8 Å². The van der Waals surface area contributed by atoms with Crippen LogP contribution in [-0.2, 0) is 28.2 Å². The molecule has 4 aliphatic carbocycles. The fourth-order valence-electron chi connectivity index (χ4n) is 14.7. The van der Waals surface area contributed by atoms with E-state index in [1.54, 1.807) is 22.3 Å². The van der Waals surface area contributed by atoms with Crippen molar-refractivity contribution in [2.75, 3.05) is 0 Å². The van der Waals surface area contributed by atoms with Gasteiger partial charge in [0.05, 0.1) is 0 Å². The van der Waals surface area contributed by atoms with Crippen molar-refractivity contribution in [3.8, 4) is 22.3 Å². The first-order valence-corrected chi connectivity index (χ1v) is 41.0. The summed E-state index contributed by atoms with van der Waals surface area (Å²) in [5.41, 5.74) is 19.7. The second-order valence-electron chi connectivity index (χ2n) is 25.8. The van der Waals surface area contributed by atoms with Crippen molar-refractivity contribution in [3.63, 3.8) is 0 Å². The Morgan fingerprint density at radius 2 is 0.765 bits per heavy atom. The van der Waals surface area contributed by atoms with Gasteiger partial charge in [-0.3, -0.25) is 0 Å². The van der Waals surface area contributed by atoms with Crippen LogP contribution < -0.4 is 0 Å². The predicted molar refractivity (Wildman–Crippen MR) is 306 cm³/mol. The summed E-state index contributed by atoms with van der Waals surface area (Å²) in [5, 5.41) is 0. The van der Waals surface area contributed by atoms with Crippen LogP contribution in [-0.4, -0.2) is 6.88 Å². The van der Waals surface area contributed by atoms with E-state index in [1.165, 1.54) is 162 Å². The summed E-state index contributed by atoms with van der Waals surface area (Å²) in [6, 6.07) is 34.0. The summed E-state index contributed by atoms with van der Waals surface area (Å²) in [6.45, 7) is 22.2. The van der Waals surface area contributed by atoms with Crippen LogP contribution in [0.15, 0.2) is 96.1 Å². The van der Waals surface area contributed by atoms with E-state index in [-0.39, 0.29) is 35.6 Å². The van der Waals surface area contributed by atoms with E-state index >= 15 is 0 Å². The van der Waals surface area contributed by atoms with Gasteiger partial charge in [-0.1, -0.05) is 0 Å². The maximum Gasteiger partial charge on any atom is -0.147 e. The van der Waals surface area contributed by atoms with Crippen molar-refractivity contribution in [3.05, 3.63) is 129 Å². The summed E-state index contributed by atoms with van der Waals surface area (Å²) in [4.78, 5) is 0. The molecule has 0 radical (unpaired) electrons. The average molecular weight is 1050 g/mol. The summed E-state index contributed by atoms with van der Waals surface area (Å²) in [7, 11) is 0. The van der Waals surface area contributed by atoms with Crippen LogP contribution in [0.5, 0.6) is 0 Å². The molecule has 0 spiro atoms. The van der Waals surface area contributed by atoms with Crippen molar-refractivity contribution < 1.29 is 17.4 Å². The molecule has 0 bridgehead atoms. The number of halogens is 2. The summed E-state index contributed by atoms with van der Waals surface area (Å²) in [5.74, 6) is 0. The van der Waals surface area contributed by atoms with Crippen LogP contribution >= 0.6 is 24.8 Å². The number of allylic oxidation sites excluding steroid dienone is 2. The Morgan fingerprint density at radius 3 is 1.09 bits per heavy atom. The van der Waals surface area contributed by atoms with E-state index in [0.717, 1.165) is 0 Å². The van der Waals surface area contributed by atoms with Gasteiger partial charge in [-0.25, -0.2) is 0 Å². The first-order valence-electron chi connectivity index (χ1n) is 27.3. The predicted octanol–water partition coefficient (Wildman–Crippen LogP) is 20.2. The molecule has 4 aliphatic rings. The minimum atomic E-state index is -4.12. The Bertz CT molecular complexity index is 2310. The molecule has 0 aliphatic heterocycles. The Kier molecular flexibility index (Phi) is 17.9. The maximum atomic E-state index is 2.97. The number of hydrogen-bond donors (Lipinski definition) is 0. The molecule has 2 atom stereocenters. The molecule has 0 amide bonds. The van der Waals surface area contributed by atoms with E-state index < -0.39 is 17.4 Å². The third-order valence-electron chi connectivity index (χ3n) is 18.2. The van der Waals surface area contributed by atoms with Gasteiger partial charge in [0.25, 0.3) is 0 Å². The summed E-state index contributed by atoms with van der Waals surface area (Å²) in [6.07, 6.45) is 33.3. The molecule has 8 rings (SSSR count). The van der Waals surface area contributed by atoms with E-state index in [1.807, 2.05) is 11.1 Å². The zero-order chi connectivity index (χ0) is 47.0. The quantitative estimate of drug-likeness (QED) is 0.139. The van der Waals surface area contributed by atoms with Crippen LogP contribution in [0.25, 0.3) is 34.4 Å². The smallest absolute Gasteiger partial charge is 0.147 e. The van der Waals surface area contributed by atoms with Gasteiger partial charge < -0.3 is 0 Å². The van der Waals surface area contributed by atoms with Crippen molar-refractivity contribution in [2.24, 2.45) is 10.8 Å². The number of fused-ring (bicyclic) bond motifs is 2. The molecule has 370 valence electrons. The average Bonchev–Trinajstić information content (AvgIpc) is 3.91. The van der Waals surface area contributed by atoms with Gasteiger partial charge in [0, 0.05) is 0 Å². The second-order valence-corrected chi connectivity index (χ2v) is 56.2. The van der Waals surface area contributed by atoms with Crippen LogP contribution in [0, 0.1) is 10.8 Å². The van der Waals surface area contributed by atoms with E-state index in [2.05, 4.69) is 169 Å². The SMILES string of the molecule is CCC1(CC2=Cc3c(-c4ccccc4C(C)(C)C)cccc3[CH]2[Zr]([CH3])([CH3])(=[SiH2])[CH]2C(CC3(CC)CCCCCCCC3)=Cc3c(-c4ccccc4C(C)(C)C)cccc32)CCCCCCCC1.Cl.Cl. The van der Waals surface area contributed by atoms with Crippen LogP contribution in [0.3, 0.4) is 0 Å². The largest absolute Gasteiger partial charge is 0.147 e. The third kappa shape index (κ3) is 11.3. The first-order chi connectivity index (χ1) is 31.4. The summed E-state index contributed by atoms with van der Waals surface area (Å²) < 4.78 is 6.94. The Labute approximate surface area is 431 Å². The maximum absolute atomic E-state index is 4.12. The zero-order valence-corrected chi connectivity index (χ0v) is 50.1. The van der Waals surface area contributed by atoms with Gasteiger partial charge in [0.2, 0.25) is 0 Å². The molecule has 0 heterocycles. The van der Waals surface area contributed by atoms with E-state index in [4.69, 9.17) is 0 Å². The van der Waals surface area contributed by atoms with Crippen molar-refractivity contribution in [1.29, 1.82) is 0 Å². The van der Waals surface area contributed by atoms with Gasteiger partial charge in [0.15, 0.2) is 0 Å². The fraction of sp³-hybridized carbons (Fsp3) is 0.562. The Balaban J connectivity index is 0.00000381. The molecular weight excluding hydrogens is 959 g/mol. The van der Waals surface area contributed by atoms with Gasteiger partial charge in [0.1, 0.15) is 0 Å². The number of benzene rings is 4. The van der Waals surface area contributed by atoms with E-state index in [9.17, 15) is 0 Å². The standard InChI is InChI=1S/2C31H41.2CH3.2ClH.H2Si.Zr/c2*1-5-31(19-12-8-6-7-9-13-20-31)23-24-21-25-15-14-17-26(28(25)22-24)27-16-10-11-18-29(27)30(2,3)4;;;;;;/h2*10-11,14-18,21-22H,5-9,12-13,19-20,23H2,1-4H3;2*1H3;2*1H;1H2;. The molecule has 4 aromatic rings. The zero-order valence-electron chi connectivity index (χ0n) is 44.6. The van der Waals surface area contributed by atoms with Crippen LogP contribution in [0.2, 0.25) is 9.26 Å². The molecule has 0 saturated heterocycles. The summed E-state index contributed by atoms with van der Waals surface area (Å²) >= 11 is -4.12. The fourth-order valence-corrected chi connectivity index (χ4v) is 34.4.